The van der Waals surface area contributed by atoms with Crippen molar-refractivity contribution in [2.24, 2.45) is 5.41 Å². The van der Waals surface area contributed by atoms with Crippen molar-refractivity contribution in [1.82, 2.24) is 20.2 Å². The summed E-state index contributed by atoms with van der Waals surface area (Å²) >= 11 is 0. The minimum Gasteiger partial charge on any atom is -0.328 e. The van der Waals surface area contributed by atoms with E-state index in [1.54, 1.807) is 6.33 Å². The number of nitrogens with zero attached hydrogens (tertiary/aromatic N) is 2. The van der Waals surface area contributed by atoms with Crippen LogP contribution in [-0.2, 0) is 23.2 Å². The molecule has 1 aromatic carbocycles. The lowest BCUT2D eigenvalue weighted by Gasteiger charge is -2.29. The molecule has 3 rings (SSSR count). The fraction of sp³-hybridized carbons (Fsp3) is 0.630. The SMILES string of the molecule is CCC[C@H](N[C@H]1CCc2c(F)cc(F)cc2C1)C(=O)Nc1cn(C(C)(C)CNCC(C)(C)C)cn1. The molecule has 2 aromatic rings. The zero-order chi connectivity index (χ0) is 25.8. The monoisotopic (exact) mass is 489 g/mol. The number of fused-ring (bicyclic) bond motifs is 1. The highest BCUT2D eigenvalue weighted by atomic mass is 19.1. The average Bonchev–Trinajstić information content (AvgIpc) is 3.21. The van der Waals surface area contributed by atoms with Gasteiger partial charge in [0.2, 0.25) is 5.91 Å². The first-order chi connectivity index (χ1) is 16.4. The van der Waals surface area contributed by atoms with Gasteiger partial charge in [0.15, 0.2) is 5.82 Å². The third-order valence-electron chi connectivity index (χ3n) is 6.54. The van der Waals surface area contributed by atoms with Gasteiger partial charge in [0.05, 0.1) is 17.9 Å². The van der Waals surface area contributed by atoms with Gasteiger partial charge in [-0.3, -0.25) is 4.79 Å². The second-order valence-corrected chi connectivity index (χ2v) is 11.6. The first-order valence-electron chi connectivity index (χ1n) is 12.7. The summed E-state index contributed by atoms with van der Waals surface area (Å²) in [7, 11) is 0. The second kappa shape index (κ2) is 11.2. The number of aromatic nitrogens is 2. The van der Waals surface area contributed by atoms with Crippen LogP contribution in [0.1, 0.15) is 71.9 Å². The van der Waals surface area contributed by atoms with Gasteiger partial charge in [-0.15, -0.1) is 0 Å². The van der Waals surface area contributed by atoms with Gasteiger partial charge in [-0.05, 0) is 62.1 Å². The summed E-state index contributed by atoms with van der Waals surface area (Å²) in [6, 6.07) is 1.93. The zero-order valence-corrected chi connectivity index (χ0v) is 22.0. The van der Waals surface area contributed by atoms with E-state index in [2.05, 4.69) is 55.6 Å². The van der Waals surface area contributed by atoms with Crippen molar-refractivity contribution >= 4 is 11.7 Å². The van der Waals surface area contributed by atoms with E-state index in [1.165, 1.54) is 6.07 Å². The molecule has 3 N–H and O–H groups in total. The minimum absolute atomic E-state index is 0.0172. The Labute approximate surface area is 208 Å². The molecule has 0 fully saturated rings. The molecule has 6 nitrogen and oxygen atoms in total. The summed E-state index contributed by atoms with van der Waals surface area (Å²) in [5.41, 5.74) is 1.27. The topological polar surface area (TPSA) is 71.0 Å². The molecule has 0 saturated carbocycles. The van der Waals surface area contributed by atoms with Crippen LogP contribution in [-0.4, -0.2) is 40.6 Å². The number of imidazole rings is 1. The molecule has 194 valence electrons. The number of carbonyl (C=O) groups excluding carboxylic acids is 1. The largest absolute Gasteiger partial charge is 0.328 e. The molecule has 2 atom stereocenters. The third kappa shape index (κ3) is 7.58. The highest BCUT2D eigenvalue weighted by Crippen LogP contribution is 2.26. The Morgan fingerprint density at radius 2 is 1.94 bits per heavy atom. The van der Waals surface area contributed by atoms with E-state index in [0.717, 1.165) is 25.6 Å². The van der Waals surface area contributed by atoms with Gasteiger partial charge in [-0.2, -0.15) is 0 Å². The van der Waals surface area contributed by atoms with E-state index in [9.17, 15) is 13.6 Å². The maximum atomic E-state index is 14.1. The maximum Gasteiger partial charge on any atom is 0.242 e. The van der Waals surface area contributed by atoms with Crippen LogP contribution in [0.15, 0.2) is 24.7 Å². The van der Waals surface area contributed by atoms with E-state index in [0.29, 0.717) is 42.6 Å². The highest BCUT2D eigenvalue weighted by molar-refractivity contribution is 5.94. The van der Waals surface area contributed by atoms with Crippen molar-refractivity contribution in [3.63, 3.8) is 0 Å². The third-order valence-corrected chi connectivity index (χ3v) is 6.54. The second-order valence-electron chi connectivity index (χ2n) is 11.6. The van der Waals surface area contributed by atoms with Crippen molar-refractivity contribution in [3.05, 3.63) is 47.4 Å². The quantitative estimate of drug-likeness (QED) is 0.449. The molecular formula is C27H41F2N5O. The van der Waals surface area contributed by atoms with Crippen molar-refractivity contribution < 1.29 is 13.6 Å². The van der Waals surface area contributed by atoms with Crippen LogP contribution in [0.5, 0.6) is 0 Å². The lowest BCUT2D eigenvalue weighted by Crippen LogP contribution is -2.47. The van der Waals surface area contributed by atoms with E-state index in [4.69, 9.17) is 0 Å². The predicted octanol–water partition coefficient (Wildman–Crippen LogP) is 4.79. The van der Waals surface area contributed by atoms with Crippen molar-refractivity contribution in [2.45, 2.75) is 91.3 Å². The smallest absolute Gasteiger partial charge is 0.242 e. The van der Waals surface area contributed by atoms with Gasteiger partial charge in [-0.25, -0.2) is 13.8 Å². The molecule has 1 heterocycles. The van der Waals surface area contributed by atoms with Crippen LogP contribution >= 0.6 is 0 Å². The van der Waals surface area contributed by atoms with Gasteiger partial charge in [0.1, 0.15) is 11.6 Å². The van der Waals surface area contributed by atoms with Crippen LogP contribution in [0.25, 0.3) is 0 Å². The number of rotatable bonds is 10. The molecule has 0 spiro atoms. The summed E-state index contributed by atoms with van der Waals surface area (Å²) < 4.78 is 29.8. The summed E-state index contributed by atoms with van der Waals surface area (Å²) in [6.07, 6.45) is 6.84. The van der Waals surface area contributed by atoms with Gasteiger partial charge in [-0.1, -0.05) is 34.1 Å². The van der Waals surface area contributed by atoms with Crippen molar-refractivity contribution in [3.8, 4) is 0 Å². The van der Waals surface area contributed by atoms with E-state index >= 15 is 0 Å². The molecule has 1 aromatic heterocycles. The Balaban J connectivity index is 1.61. The number of carbonyl (C=O) groups is 1. The van der Waals surface area contributed by atoms with Gasteiger partial charge in [0.25, 0.3) is 0 Å². The highest BCUT2D eigenvalue weighted by Gasteiger charge is 2.27. The molecule has 8 heteroatoms. The Morgan fingerprint density at radius 1 is 1.20 bits per heavy atom. The number of anilines is 1. The first kappa shape index (κ1) is 27.3. The Hall–Kier alpha value is -2.32. The number of amides is 1. The number of halogens is 2. The molecule has 0 bridgehead atoms. The molecule has 35 heavy (non-hydrogen) atoms. The van der Waals surface area contributed by atoms with Crippen LogP contribution in [0.4, 0.5) is 14.6 Å². The maximum absolute atomic E-state index is 14.1. The Bertz CT molecular complexity index is 1010. The van der Waals surface area contributed by atoms with E-state index < -0.39 is 17.7 Å². The molecule has 0 unspecified atom stereocenters. The molecule has 0 saturated heterocycles. The standard InChI is InChI=1S/C27H41F2N5O/c1-7-8-23(32-20-9-10-21-18(12-20)11-19(28)13-22(21)29)25(35)33-24-14-34(17-31-24)27(5,6)16-30-15-26(2,3)4/h11,13-14,17,20,23,30,32H,7-10,12,15-16H2,1-6H3,(H,33,35)/t20-,23-/m0/s1. The fourth-order valence-corrected chi connectivity index (χ4v) is 4.58. The first-order valence-corrected chi connectivity index (χ1v) is 12.7. The number of hydrogen-bond acceptors (Lipinski definition) is 4. The number of benzene rings is 1. The Kier molecular flexibility index (Phi) is 8.70. The summed E-state index contributed by atoms with van der Waals surface area (Å²) in [4.78, 5) is 17.5. The van der Waals surface area contributed by atoms with E-state index in [-0.39, 0.29) is 22.9 Å². The van der Waals surface area contributed by atoms with Crippen LogP contribution in [0, 0.1) is 17.0 Å². The van der Waals surface area contributed by atoms with Crippen LogP contribution in [0.2, 0.25) is 0 Å². The normalized spacial score (nSPS) is 17.2. The van der Waals surface area contributed by atoms with E-state index in [1.807, 2.05) is 17.7 Å². The van der Waals surface area contributed by atoms with Gasteiger partial charge < -0.3 is 20.5 Å². The van der Waals surface area contributed by atoms with Crippen LogP contribution in [0.3, 0.4) is 0 Å². The fourth-order valence-electron chi connectivity index (χ4n) is 4.58. The average molecular weight is 490 g/mol. The van der Waals surface area contributed by atoms with Crippen molar-refractivity contribution in [1.29, 1.82) is 0 Å². The summed E-state index contributed by atoms with van der Waals surface area (Å²) in [6.45, 7) is 14.6. The molecule has 1 amide bonds. The lowest BCUT2D eigenvalue weighted by atomic mass is 9.87. The molecule has 0 aliphatic heterocycles. The van der Waals surface area contributed by atoms with Gasteiger partial charge in [0, 0.05) is 31.4 Å². The summed E-state index contributed by atoms with van der Waals surface area (Å²) in [5.74, 6) is -0.665. The zero-order valence-electron chi connectivity index (χ0n) is 22.0. The van der Waals surface area contributed by atoms with Crippen LogP contribution < -0.4 is 16.0 Å². The lowest BCUT2D eigenvalue weighted by molar-refractivity contribution is -0.118. The van der Waals surface area contributed by atoms with Crippen molar-refractivity contribution in [2.75, 3.05) is 18.4 Å². The molecular weight excluding hydrogens is 448 g/mol. The molecule has 0 radical (unpaired) electrons. The van der Waals surface area contributed by atoms with Gasteiger partial charge >= 0.3 is 0 Å². The number of nitrogens with one attached hydrogen (secondary N) is 3. The molecule has 1 aliphatic rings. The number of hydrogen-bond donors (Lipinski definition) is 3. The summed E-state index contributed by atoms with van der Waals surface area (Å²) in [5, 5.41) is 9.90. The minimum atomic E-state index is -0.558. The molecule has 1 aliphatic carbocycles. The Morgan fingerprint density at radius 3 is 2.63 bits per heavy atom. The predicted molar refractivity (Wildman–Crippen MR) is 137 cm³/mol.